The zero-order valence-electron chi connectivity index (χ0n) is 20.3. The van der Waals surface area contributed by atoms with Gasteiger partial charge in [-0.2, -0.15) is 0 Å². The van der Waals surface area contributed by atoms with Crippen LogP contribution in [0.5, 0.6) is 0 Å². The SMILES string of the molecule is CC(O)C(N)(Cc1ccccc1)N(C(=O)OS(=O)C(C)(C)C)C(N)C(O)CCc1ccccc1. The van der Waals surface area contributed by atoms with Crippen molar-refractivity contribution in [2.75, 3.05) is 0 Å². The molecule has 0 spiro atoms. The van der Waals surface area contributed by atoms with Crippen LogP contribution in [0.3, 0.4) is 0 Å². The van der Waals surface area contributed by atoms with Crippen molar-refractivity contribution in [1.82, 2.24) is 4.90 Å². The maximum atomic E-state index is 13.3. The molecule has 0 aromatic heterocycles. The molecule has 6 N–H and O–H groups in total. The van der Waals surface area contributed by atoms with Crippen molar-refractivity contribution in [2.24, 2.45) is 11.5 Å². The second-order valence-electron chi connectivity index (χ2n) is 9.48. The van der Waals surface area contributed by atoms with Gasteiger partial charge in [0.25, 0.3) is 0 Å². The zero-order chi connectivity index (χ0) is 25.5. The van der Waals surface area contributed by atoms with Crippen molar-refractivity contribution in [3.8, 4) is 0 Å². The molecule has 0 saturated heterocycles. The molecule has 0 aliphatic rings. The Morgan fingerprint density at radius 3 is 2.00 bits per heavy atom. The third kappa shape index (κ3) is 7.35. The van der Waals surface area contributed by atoms with Crippen LogP contribution in [0.4, 0.5) is 4.79 Å². The van der Waals surface area contributed by atoms with Gasteiger partial charge in [-0.1, -0.05) is 60.7 Å². The first-order chi connectivity index (χ1) is 15.9. The lowest BCUT2D eigenvalue weighted by molar-refractivity contribution is -0.0569. The van der Waals surface area contributed by atoms with Gasteiger partial charge in [0.2, 0.25) is 11.1 Å². The Morgan fingerprint density at radius 1 is 1.03 bits per heavy atom. The number of nitrogens with zero attached hydrogens (tertiary/aromatic N) is 1. The van der Waals surface area contributed by atoms with E-state index >= 15 is 0 Å². The molecule has 2 aromatic rings. The Kier molecular flexibility index (Phi) is 9.78. The number of aliphatic hydroxyl groups excluding tert-OH is 2. The van der Waals surface area contributed by atoms with Crippen molar-refractivity contribution in [1.29, 1.82) is 0 Å². The minimum atomic E-state index is -2.01. The molecule has 2 rings (SSSR count). The largest absolute Gasteiger partial charge is 0.426 e. The second-order valence-corrected chi connectivity index (χ2v) is 11.3. The molecule has 0 heterocycles. The first kappa shape index (κ1) is 27.9. The monoisotopic (exact) mass is 491 g/mol. The average Bonchev–Trinajstić information content (AvgIpc) is 2.78. The fraction of sp³-hybridized carbons (Fsp3) is 0.480. The van der Waals surface area contributed by atoms with E-state index in [0.29, 0.717) is 6.42 Å². The molecule has 188 valence electrons. The molecular weight excluding hydrogens is 454 g/mol. The lowest BCUT2D eigenvalue weighted by Gasteiger charge is -2.46. The maximum Gasteiger partial charge on any atom is 0.426 e. The van der Waals surface area contributed by atoms with Gasteiger partial charge in [0, 0.05) is 6.42 Å². The summed E-state index contributed by atoms with van der Waals surface area (Å²) in [6, 6.07) is 18.6. The quantitative estimate of drug-likeness (QED) is 0.374. The van der Waals surface area contributed by atoms with Crippen molar-refractivity contribution in [2.45, 2.75) is 75.7 Å². The summed E-state index contributed by atoms with van der Waals surface area (Å²) in [5, 5.41) is 21.6. The van der Waals surface area contributed by atoms with Crippen LogP contribution in [0.15, 0.2) is 60.7 Å². The van der Waals surface area contributed by atoms with Gasteiger partial charge < -0.3 is 25.9 Å². The summed E-state index contributed by atoms with van der Waals surface area (Å²) in [5.41, 5.74) is 13.0. The molecule has 0 radical (unpaired) electrons. The van der Waals surface area contributed by atoms with E-state index in [1.807, 2.05) is 48.5 Å². The molecule has 2 aromatic carbocycles. The van der Waals surface area contributed by atoms with Crippen LogP contribution in [0.2, 0.25) is 0 Å². The van der Waals surface area contributed by atoms with Crippen molar-refractivity contribution in [3.05, 3.63) is 71.8 Å². The number of hydrogen-bond donors (Lipinski definition) is 4. The molecule has 0 saturated carbocycles. The molecular formula is C25H37N3O5S. The minimum Gasteiger partial charge on any atom is -0.390 e. The standard InChI is InChI=1S/C25H37N3O5S/c1-18(29)25(27,17-20-13-9-6-10-14-20)28(23(31)33-34(32)24(2,3)4)22(26)21(30)16-15-19-11-7-5-8-12-19/h5-14,18,21-22,29-30H,15-17,26-27H2,1-4H3. The van der Waals surface area contributed by atoms with E-state index in [4.69, 9.17) is 15.7 Å². The summed E-state index contributed by atoms with van der Waals surface area (Å²) < 4.78 is 16.9. The smallest absolute Gasteiger partial charge is 0.390 e. The van der Waals surface area contributed by atoms with Crippen molar-refractivity contribution >= 4 is 17.2 Å². The highest BCUT2D eigenvalue weighted by atomic mass is 32.2. The first-order valence-corrected chi connectivity index (χ1v) is 12.4. The number of carbonyl (C=O) groups is 1. The fourth-order valence-corrected chi connectivity index (χ4v) is 3.92. The minimum absolute atomic E-state index is 0.0296. The summed E-state index contributed by atoms with van der Waals surface area (Å²) in [6.07, 6.45) is -4.06. The maximum absolute atomic E-state index is 13.3. The van der Waals surface area contributed by atoms with E-state index in [-0.39, 0.29) is 12.8 Å². The van der Waals surface area contributed by atoms with Crippen LogP contribution < -0.4 is 11.5 Å². The number of amides is 1. The molecule has 34 heavy (non-hydrogen) atoms. The molecule has 0 aliphatic carbocycles. The fourth-order valence-electron chi connectivity index (χ4n) is 3.46. The molecule has 0 aliphatic heterocycles. The predicted molar refractivity (Wildman–Crippen MR) is 134 cm³/mol. The van der Waals surface area contributed by atoms with Gasteiger partial charge >= 0.3 is 6.09 Å². The summed E-state index contributed by atoms with van der Waals surface area (Å²) >= 11 is -2.01. The number of rotatable bonds is 10. The van der Waals surface area contributed by atoms with E-state index in [1.165, 1.54) is 6.92 Å². The number of aliphatic hydroxyl groups is 2. The Labute approximate surface area is 204 Å². The van der Waals surface area contributed by atoms with Gasteiger partial charge in [-0.15, -0.1) is 0 Å². The number of hydrogen-bond acceptors (Lipinski definition) is 7. The third-order valence-electron chi connectivity index (χ3n) is 5.61. The number of aryl methyl sites for hydroxylation is 1. The number of benzene rings is 2. The van der Waals surface area contributed by atoms with E-state index in [0.717, 1.165) is 16.0 Å². The van der Waals surface area contributed by atoms with Crippen LogP contribution in [-0.4, -0.2) is 54.2 Å². The Bertz CT molecular complexity index is 937. The molecule has 0 fully saturated rings. The van der Waals surface area contributed by atoms with Crippen LogP contribution in [0.1, 0.15) is 45.2 Å². The molecule has 1 amide bonds. The summed E-state index contributed by atoms with van der Waals surface area (Å²) in [7, 11) is 0. The van der Waals surface area contributed by atoms with Gasteiger partial charge in [-0.25, -0.2) is 9.00 Å². The lowest BCUT2D eigenvalue weighted by Crippen LogP contribution is -2.72. The van der Waals surface area contributed by atoms with Crippen molar-refractivity contribution in [3.63, 3.8) is 0 Å². The van der Waals surface area contributed by atoms with E-state index < -0.39 is 46.0 Å². The highest BCUT2D eigenvalue weighted by molar-refractivity contribution is 7.82. The van der Waals surface area contributed by atoms with Gasteiger partial charge in [0.1, 0.15) is 11.8 Å². The molecule has 5 atom stereocenters. The molecule has 5 unspecified atom stereocenters. The van der Waals surface area contributed by atoms with Gasteiger partial charge in [-0.3, -0.25) is 4.90 Å². The highest BCUT2D eigenvalue weighted by Crippen LogP contribution is 2.26. The van der Waals surface area contributed by atoms with Crippen molar-refractivity contribution < 1.29 is 23.4 Å². The Balaban J connectivity index is 2.37. The molecule has 0 bridgehead atoms. The topological polar surface area (TPSA) is 139 Å². The van der Waals surface area contributed by atoms with E-state index in [1.54, 1.807) is 32.9 Å². The Hall–Kier alpha value is -2.30. The molecule has 9 heteroatoms. The van der Waals surface area contributed by atoms with Crippen LogP contribution in [0, 0.1) is 0 Å². The van der Waals surface area contributed by atoms with E-state index in [9.17, 15) is 19.2 Å². The van der Waals surface area contributed by atoms with Gasteiger partial charge in [-0.05, 0) is 51.7 Å². The second kappa shape index (κ2) is 11.9. The predicted octanol–water partition coefficient (Wildman–Crippen LogP) is 2.44. The average molecular weight is 492 g/mol. The summed E-state index contributed by atoms with van der Waals surface area (Å²) in [5.74, 6) is 0. The third-order valence-corrected chi connectivity index (χ3v) is 6.90. The van der Waals surface area contributed by atoms with Gasteiger partial charge in [0.15, 0.2) is 0 Å². The zero-order valence-corrected chi connectivity index (χ0v) is 21.1. The first-order valence-electron chi connectivity index (χ1n) is 11.3. The normalized spacial score (nSPS) is 17.2. The Morgan fingerprint density at radius 2 is 1.53 bits per heavy atom. The van der Waals surface area contributed by atoms with Crippen LogP contribution >= 0.6 is 0 Å². The van der Waals surface area contributed by atoms with Crippen LogP contribution in [-0.2, 0) is 28.1 Å². The lowest BCUT2D eigenvalue weighted by atomic mass is 9.92. The summed E-state index contributed by atoms with van der Waals surface area (Å²) in [4.78, 5) is 14.2. The number of carbonyl (C=O) groups excluding carboxylic acids is 1. The highest BCUT2D eigenvalue weighted by Gasteiger charge is 2.47. The summed E-state index contributed by atoms with van der Waals surface area (Å²) in [6.45, 7) is 6.41. The number of nitrogens with two attached hydrogens (primary N) is 2. The van der Waals surface area contributed by atoms with Gasteiger partial charge in [0.05, 0.1) is 17.0 Å². The van der Waals surface area contributed by atoms with Crippen LogP contribution in [0.25, 0.3) is 0 Å². The molecule has 8 nitrogen and oxygen atoms in total. The van der Waals surface area contributed by atoms with E-state index in [2.05, 4.69) is 0 Å².